The standard InChI is InChI=1S/C22H21F2N5O3/c1-22(2,31)21-28-16(19(23)24)18(32-21)20(30)29-8-7-13-15(26-10-25-13)17(29)14-9-11-5-3-4-6-12(11)27-14/h3-6,9-10,17,19,27,31H,7-8H2,1-2H3,(H,25,26)/t17-/m0/s1. The third kappa shape index (κ3) is 3.27. The number of oxazole rings is 1. The molecule has 4 heterocycles. The zero-order valence-electron chi connectivity index (χ0n) is 17.4. The van der Waals surface area contributed by atoms with Crippen molar-refractivity contribution in [3.8, 4) is 0 Å². The Morgan fingerprint density at radius 2 is 2.12 bits per heavy atom. The van der Waals surface area contributed by atoms with Crippen LogP contribution in [0.5, 0.6) is 0 Å². The first-order chi connectivity index (χ1) is 15.2. The van der Waals surface area contributed by atoms with Gasteiger partial charge in [-0.25, -0.2) is 18.7 Å². The van der Waals surface area contributed by atoms with E-state index in [4.69, 9.17) is 4.42 Å². The number of aliphatic hydroxyl groups is 1. The number of amides is 1. The first kappa shape index (κ1) is 20.4. The highest BCUT2D eigenvalue weighted by Crippen LogP contribution is 2.37. The summed E-state index contributed by atoms with van der Waals surface area (Å²) in [7, 11) is 0. The van der Waals surface area contributed by atoms with Crippen molar-refractivity contribution in [2.45, 2.75) is 38.3 Å². The van der Waals surface area contributed by atoms with Crippen LogP contribution in [0.3, 0.4) is 0 Å². The molecule has 1 aliphatic rings. The lowest BCUT2D eigenvalue weighted by Crippen LogP contribution is -2.41. The molecule has 1 aliphatic heterocycles. The van der Waals surface area contributed by atoms with Crippen molar-refractivity contribution < 1.29 is 23.1 Å². The van der Waals surface area contributed by atoms with Gasteiger partial charge < -0.3 is 24.4 Å². The Balaban J connectivity index is 1.62. The lowest BCUT2D eigenvalue weighted by atomic mass is 9.99. The molecule has 0 aliphatic carbocycles. The summed E-state index contributed by atoms with van der Waals surface area (Å²) >= 11 is 0. The molecule has 10 heteroatoms. The van der Waals surface area contributed by atoms with Gasteiger partial charge in [-0.15, -0.1) is 0 Å². The third-order valence-corrected chi connectivity index (χ3v) is 5.61. The molecule has 3 N–H and O–H groups in total. The van der Waals surface area contributed by atoms with Gasteiger partial charge in [0.15, 0.2) is 5.69 Å². The number of hydrogen-bond acceptors (Lipinski definition) is 5. The second-order valence-corrected chi connectivity index (χ2v) is 8.32. The van der Waals surface area contributed by atoms with Crippen molar-refractivity contribution >= 4 is 16.8 Å². The molecule has 0 unspecified atom stereocenters. The lowest BCUT2D eigenvalue weighted by molar-refractivity contribution is 0.0440. The van der Waals surface area contributed by atoms with Crippen LogP contribution in [0.15, 0.2) is 41.1 Å². The van der Waals surface area contributed by atoms with Crippen LogP contribution in [0, 0.1) is 0 Å². The van der Waals surface area contributed by atoms with Crippen molar-refractivity contribution in [3.05, 3.63) is 71.1 Å². The van der Waals surface area contributed by atoms with E-state index in [1.54, 1.807) is 6.33 Å². The van der Waals surface area contributed by atoms with E-state index in [9.17, 15) is 18.7 Å². The number of nitrogens with zero attached hydrogens (tertiary/aromatic N) is 3. The number of aromatic nitrogens is 4. The predicted molar refractivity (Wildman–Crippen MR) is 110 cm³/mol. The number of para-hydroxylation sites is 1. The molecule has 0 bridgehead atoms. The molecule has 1 amide bonds. The Bertz CT molecular complexity index is 1270. The SMILES string of the molecule is CC(C)(O)c1nc(C(F)F)c(C(=O)N2CCc3[nH]cnc3[C@@H]2c2cc3ccccc3[nH]2)o1. The summed E-state index contributed by atoms with van der Waals surface area (Å²) in [5.74, 6) is -1.64. The normalized spacial score (nSPS) is 16.7. The molecular formula is C22H21F2N5O3. The number of carbonyl (C=O) groups is 1. The summed E-state index contributed by atoms with van der Waals surface area (Å²) in [6.07, 6.45) is -1.00. The molecule has 0 saturated heterocycles. The molecule has 0 spiro atoms. The highest BCUT2D eigenvalue weighted by molar-refractivity contribution is 5.93. The van der Waals surface area contributed by atoms with Crippen LogP contribution in [0.4, 0.5) is 8.78 Å². The molecule has 3 aromatic heterocycles. The maximum atomic E-state index is 13.7. The maximum absolute atomic E-state index is 13.7. The summed E-state index contributed by atoms with van der Waals surface area (Å²) in [5, 5.41) is 11.1. The molecule has 0 saturated carbocycles. The van der Waals surface area contributed by atoms with Crippen molar-refractivity contribution in [1.29, 1.82) is 0 Å². The Kier molecular flexibility index (Phi) is 4.63. The minimum atomic E-state index is -3.04. The number of H-pyrrole nitrogens is 2. The number of rotatable bonds is 4. The third-order valence-electron chi connectivity index (χ3n) is 5.61. The molecular weight excluding hydrogens is 420 g/mol. The minimum absolute atomic E-state index is 0.259. The minimum Gasteiger partial charge on any atom is -0.432 e. The fourth-order valence-corrected chi connectivity index (χ4v) is 4.08. The van der Waals surface area contributed by atoms with Gasteiger partial charge in [0, 0.05) is 29.9 Å². The Morgan fingerprint density at radius 1 is 1.34 bits per heavy atom. The second-order valence-electron chi connectivity index (χ2n) is 8.32. The monoisotopic (exact) mass is 441 g/mol. The number of benzene rings is 1. The van der Waals surface area contributed by atoms with Gasteiger partial charge in [-0.2, -0.15) is 0 Å². The average molecular weight is 441 g/mol. The van der Waals surface area contributed by atoms with Gasteiger partial charge in [0.1, 0.15) is 11.6 Å². The van der Waals surface area contributed by atoms with Gasteiger partial charge >= 0.3 is 0 Å². The van der Waals surface area contributed by atoms with Crippen LogP contribution >= 0.6 is 0 Å². The summed E-state index contributed by atoms with van der Waals surface area (Å²) in [4.78, 5) is 29.5. The number of nitrogens with one attached hydrogen (secondary N) is 2. The summed E-state index contributed by atoms with van der Waals surface area (Å²) < 4.78 is 32.8. The number of hydrogen-bond donors (Lipinski definition) is 3. The Labute approximate surface area is 181 Å². The number of carbonyl (C=O) groups excluding carboxylic acids is 1. The van der Waals surface area contributed by atoms with E-state index in [0.29, 0.717) is 17.8 Å². The van der Waals surface area contributed by atoms with Crippen LogP contribution in [0.2, 0.25) is 0 Å². The first-order valence-electron chi connectivity index (χ1n) is 10.2. The van der Waals surface area contributed by atoms with Gasteiger partial charge in [-0.3, -0.25) is 4.79 Å². The highest BCUT2D eigenvalue weighted by Gasteiger charge is 2.40. The molecule has 166 valence electrons. The number of fused-ring (bicyclic) bond motifs is 2. The van der Waals surface area contributed by atoms with Gasteiger partial charge in [0.05, 0.1) is 12.0 Å². The van der Waals surface area contributed by atoms with E-state index in [-0.39, 0.29) is 12.4 Å². The van der Waals surface area contributed by atoms with Gasteiger partial charge in [-0.05, 0) is 31.4 Å². The van der Waals surface area contributed by atoms with E-state index < -0.39 is 35.4 Å². The zero-order valence-corrected chi connectivity index (χ0v) is 17.4. The smallest absolute Gasteiger partial charge is 0.292 e. The summed E-state index contributed by atoms with van der Waals surface area (Å²) in [6, 6.07) is 8.95. The number of halogens is 2. The molecule has 8 nitrogen and oxygen atoms in total. The summed E-state index contributed by atoms with van der Waals surface area (Å²) in [5.41, 5.74) is 0.702. The summed E-state index contributed by atoms with van der Waals surface area (Å²) in [6.45, 7) is 2.97. The topological polar surface area (TPSA) is 111 Å². The van der Waals surface area contributed by atoms with E-state index in [1.165, 1.54) is 18.7 Å². The molecule has 0 radical (unpaired) electrons. The van der Waals surface area contributed by atoms with E-state index in [0.717, 1.165) is 16.6 Å². The average Bonchev–Trinajstić information content (AvgIpc) is 3.49. The van der Waals surface area contributed by atoms with Gasteiger partial charge in [0.25, 0.3) is 12.3 Å². The number of aromatic amines is 2. The van der Waals surface area contributed by atoms with E-state index >= 15 is 0 Å². The number of alkyl halides is 2. The largest absolute Gasteiger partial charge is 0.432 e. The number of imidazole rings is 1. The first-order valence-corrected chi connectivity index (χ1v) is 10.2. The molecule has 5 rings (SSSR count). The molecule has 4 aromatic rings. The van der Waals surface area contributed by atoms with Crippen LogP contribution in [-0.2, 0) is 12.0 Å². The quantitative estimate of drug-likeness (QED) is 0.446. The van der Waals surface area contributed by atoms with Crippen LogP contribution in [0.1, 0.15) is 65.5 Å². The fraction of sp³-hybridized carbons (Fsp3) is 0.318. The maximum Gasteiger partial charge on any atom is 0.292 e. The predicted octanol–water partition coefficient (Wildman–Crippen LogP) is 3.83. The van der Waals surface area contributed by atoms with Crippen LogP contribution < -0.4 is 0 Å². The Hall–Kier alpha value is -3.53. The molecule has 0 fully saturated rings. The zero-order chi connectivity index (χ0) is 22.6. The lowest BCUT2D eigenvalue weighted by Gasteiger charge is -2.34. The van der Waals surface area contributed by atoms with Crippen LogP contribution in [-0.4, -0.2) is 42.4 Å². The van der Waals surface area contributed by atoms with Gasteiger partial charge in [-0.1, -0.05) is 18.2 Å². The van der Waals surface area contributed by atoms with E-state index in [2.05, 4.69) is 19.9 Å². The highest BCUT2D eigenvalue weighted by atomic mass is 19.3. The molecule has 32 heavy (non-hydrogen) atoms. The van der Waals surface area contributed by atoms with E-state index in [1.807, 2.05) is 30.3 Å². The van der Waals surface area contributed by atoms with Gasteiger partial charge in [0.2, 0.25) is 11.7 Å². The van der Waals surface area contributed by atoms with Crippen molar-refractivity contribution in [2.24, 2.45) is 0 Å². The van der Waals surface area contributed by atoms with Crippen molar-refractivity contribution in [2.75, 3.05) is 6.54 Å². The van der Waals surface area contributed by atoms with Crippen molar-refractivity contribution in [1.82, 2.24) is 24.8 Å². The fourth-order valence-electron chi connectivity index (χ4n) is 4.08. The Morgan fingerprint density at radius 3 is 2.84 bits per heavy atom. The molecule has 1 atom stereocenters. The second kappa shape index (κ2) is 7.27. The molecule has 1 aromatic carbocycles. The van der Waals surface area contributed by atoms with Crippen LogP contribution in [0.25, 0.3) is 10.9 Å². The van der Waals surface area contributed by atoms with Crippen molar-refractivity contribution in [3.63, 3.8) is 0 Å².